The van der Waals surface area contributed by atoms with Crippen molar-refractivity contribution in [3.63, 3.8) is 0 Å². The molecule has 0 heterocycles. The van der Waals surface area contributed by atoms with Gasteiger partial charge in [-0.15, -0.1) is 11.6 Å². The van der Waals surface area contributed by atoms with Crippen LogP contribution < -0.4 is 0 Å². The van der Waals surface area contributed by atoms with Gasteiger partial charge in [0.05, 0.1) is 16.4 Å². The van der Waals surface area contributed by atoms with Crippen LogP contribution in [0.1, 0.15) is 15.9 Å². The lowest BCUT2D eigenvalue weighted by molar-refractivity contribution is -0.385. The van der Waals surface area contributed by atoms with E-state index in [-0.39, 0.29) is 11.4 Å². The molecular weight excluding hydrogens is 236 g/mol. The number of nitro groups is 1. The summed E-state index contributed by atoms with van der Waals surface area (Å²) in [7, 11) is 0. The first-order valence-electron chi connectivity index (χ1n) is 4.02. The predicted octanol–water partition coefficient (Wildman–Crippen LogP) is 1.59. The zero-order valence-corrected chi connectivity index (χ0v) is 8.56. The van der Waals surface area contributed by atoms with Gasteiger partial charge in [-0.3, -0.25) is 14.9 Å². The average molecular weight is 241 g/mol. The third-order valence-corrected chi connectivity index (χ3v) is 2.13. The van der Waals surface area contributed by atoms with E-state index in [1.54, 1.807) is 0 Å². The summed E-state index contributed by atoms with van der Waals surface area (Å²) in [6.07, 6.45) is 0. The molecule has 0 atom stereocenters. The first kappa shape index (κ1) is 11.9. The lowest BCUT2D eigenvalue weighted by Crippen LogP contribution is -2.03. The summed E-state index contributed by atoms with van der Waals surface area (Å²) >= 11 is 5.28. The molecular formula is C9H5ClN2O4. The molecule has 0 saturated heterocycles. The van der Waals surface area contributed by atoms with Gasteiger partial charge in [0.15, 0.2) is 17.1 Å². The third-order valence-electron chi connectivity index (χ3n) is 1.89. The monoisotopic (exact) mass is 240 g/mol. The van der Waals surface area contributed by atoms with Crippen LogP contribution in [0.2, 0.25) is 0 Å². The van der Waals surface area contributed by atoms with E-state index in [9.17, 15) is 20.0 Å². The molecule has 0 aromatic heterocycles. The van der Waals surface area contributed by atoms with Gasteiger partial charge in [-0.25, -0.2) is 0 Å². The van der Waals surface area contributed by atoms with Crippen molar-refractivity contribution in [2.24, 2.45) is 0 Å². The van der Waals surface area contributed by atoms with Crippen LogP contribution in [-0.2, 0) is 0 Å². The molecule has 1 N–H and O–H groups in total. The van der Waals surface area contributed by atoms with Crippen molar-refractivity contribution in [3.05, 3.63) is 33.4 Å². The first-order chi connectivity index (χ1) is 7.52. The number of phenolic OH excluding ortho intramolecular Hbond substituents is 1. The van der Waals surface area contributed by atoms with Crippen LogP contribution in [0.15, 0.2) is 12.1 Å². The number of aromatic hydroxyl groups is 1. The normalized spacial score (nSPS) is 9.50. The minimum Gasteiger partial charge on any atom is -0.506 e. The molecule has 0 unspecified atom stereocenters. The quantitative estimate of drug-likeness (QED) is 0.374. The SMILES string of the molecule is N#Cc1c([N+](=O)[O-])ccc(C(=O)CCl)c1O. The Morgan fingerprint density at radius 2 is 2.25 bits per heavy atom. The highest BCUT2D eigenvalue weighted by molar-refractivity contribution is 6.30. The predicted molar refractivity (Wildman–Crippen MR) is 54.5 cm³/mol. The smallest absolute Gasteiger partial charge is 0.290 e. The van der Waals surface area contributed by atoms with Crippen LogP contribution in [0, 0.1) is 21.4 Å². The van der Waals surface area contributed by atoms with Crippen LogP contribution >= 0.6 is 11.6 Å². The van der Waals surface area contributed by atoms with E-state index in [4.69, 9.17) is 16.9 Å². The highest BCUT2D eigenvalue weighted by Crippen LogP contribution is 2.30. The number of hydrogen-bond donors (Lipinski definition) is 1. The second kappa shape index (κ2) is 4.59. The number of benzene rings is 1. The molecule has 0 spiro atoms. The summed E-state index contributed by atoms with van der Waals surface area (Å²) in [5.74, 6) is -1.69. The maximum absolute atomic E-state index is 11.2. The van der Waals surface area contributed by atoms with Crippen molar-refractivity contribution in [1.29, 1.82) is 5.26 Å². The molecule has 1 aromatic carbocycles. The number of hydrogen-bond acceptors (Lipinski definition) is 5. The highest BCUT2D eigenvalue weighted by atomic mass is 35.5. The first-order valence-corrected chi connectivity index (χ1v) is 4.56. The standard InChI is InChI=1S/C9H5ClN2O4/c10-3-8(13)5-1-2-7(12(15)16)6(4-11)9(5)14/h1-2,14H,3H2. The Kier molecular flexibility index (Phi) is 3.43. The maximum Gasteiger partial charge on any atom is 0.290 e. The van der Waals surface area contributed by atoms with Gasteiger partial charge in [-0.05, 0) is 6.07 Å². The van der Waals surface area contributed by atoms with Gasteiger partial charge in [0.25, 0.3) is 5.69 Å². The van der Waals surface area contributed by atoms with E-state index >= 15 is 0 Å². The van der Waals surface area contributed by atoms with Crippen molar-refractivity contribution in [2.45, 2.75) is 0 Å². The molecule has 1 aromatic rings. The number of nitrogens with zero attached hydrogens (tertiary/aromatic N) is 2. The van der Waals surface area contributed by atoms with Gasteiger partial charge in [0.2, 0.25) is 0 Å². The Hall–Kier alpha value is -2.13. The molecule has 1 rings (SSSR count). The Balaban J connectivity index is 3.48. The number of phenols is 1. The number of nitriles is 1. The lowest BCUT2D eigenvalue weighted by atomic mass is 10.0. The third kappa shape index (κ3) is 1.94. The Bertz CT molecular complexity index is 507. The van der Waals surface area contributed by atoms with Crippen molar-refractivity contribution in [1.82, 2.24) is 0 Å². The second-order valence-corrected chi connectivity index (χ2v) is 3.05. The Labute approximate surface area is 94.8 Å². The Morgan fingerprint density at radius 3 is 2.69 bits per heavy atom. The maximum atomic E-state index is 11.2. The molecule has 16 heavy (non-hydrogen) atoms. The molecule has 0 aliphatic rings. The topological polar surface area (TPSA) is 104 Å². The van der Waals surface area contributed by atoms with E-state index in [0.29, 0.717) is 0 Å². The van der Waals surface area contributed by atoms with Crippen molar-refractivity contribution in [3.8, 4) is 11.8 Å². The van der Waals surface area contributed by atoms with Crippen LogP contribution in [0.4, 0.5) is 5.69 Å². The minimum atomic E-state index is -0.812. The van der Waals surface area contributed by atoms with Crippen LogP contribution in [0.3, 0.4) is 0 Å². The summed E-state index contributed by atoms with van der Waals surface area (Å²) in [5, 5.41) is 28.7. The fraction of sp³-hybridized carbons (Fsp3) is 0.111. The van der Waals surface area contributed by atoms with Crippen LogP contribution in [-0.4, -0.2) is 21.7 Å². The molecule has 0 bridgehead atoms. The summed E-state index contributed by atoms with van der Waals surface area (Å²) in [5.41, 5.74) is -1.29. The van der Waals surface area contributed by atoms with Crippen molar-refractivity contribution >= 4 is 23.1 Å². The molecule has 0 aliphatic heterocycles. The summed E-state index contributed by atoms with van der Waals surface area (Å²) in [6, 6.07) is 3.53. The minimum absolute atomic E-state index is 0.197. The van der Waals surface area contributed by atoms with Gasteiger partial charge in [0, 0.05) is 6.07 Å². The molecule has 6 nitrogen and oxygen atoms in total. The molecule has 0 fully saturated rings. The highest BCUT2D eigenvalue weighted by Gasteiger charge is 2.22. The van der Waals surface area contributed by atoms with Crippen molar-refractivity contribution in [2.75, 3.05) is 5.88 Å². The van der Waals surface area contributed by atoms with E-state index in [2.05, 4.69) is 0 Å². The molecule has 0 amide bonds. The molecule has 82 valence electrons. The number of Topliss-reactive ketones (excluding diaryl/α,β-unsaturated/α-hetero) is 1. The van der Waals surface area contributed by atoms with E-state index in [1.807, 2.05) is 0 Å². The fourth-order valence-corrected chi connectivity index (χ4v) is 1.28. The van der Waals surface area contributed by atoms with Gasteiger partial charge in [-0.1, -0.05) is 0 Å². The molecule has 7 heteroatoms. The number of carbonyl (C=O) groups excluding carboxylic acids is 1. The number of nitro benzene ring substituents is 1. The van der Waals surface area contributed by atoms with Crippen LogP contribution in [0.5, 0.6) is 5.75 Å². The van der Waals surface area contributed by atoms with Gasteiger partial charge in [-0.2, -0.15) is 5.26 Å². The number of rotatable bonds is 3. The van der Waals surface area contributed by atoms with Gasteiger partial charge >= 0.3 is 0 Å². The molecule has 0 aliphatic carbocycles. The zero-order chi connectivity index (χ0) is 12.3. The van der Waals surface area contributed by atoms with Crippen LogP contribution in [0.25, 0.3) is 0 Å². The number of alkyl halides is 1. The summed E-state index contributed by atoms with van der Waals surface area (Å²) in [4.78, 5) is 20.9. The van der Waals surface area contributed by atoms with E-state index < -0.39 is 27.7 Å². The largest absolute Gasteiger partial charge is 0.506 e. The van der Waals surface area contributed by atoms with E-state index in [0.717, 1.165) is 12.1 Å². The lowest BCUT2D eigenvalue weighted by Gasteiger charge is -2.03. The summed E-state index contributed by atoms with van der Waals surface area (Å²) < 4.78 is 0. The second-order valence-electron chi connectivity index (χ2n) is 2.78. The molecule has 0 radical (unpaired) electrons. The van der Waals surface area contributed by atoms with Gasteiger partial charge < -0.3 is 5.11 Å². The Morgan fingerprint density at radius 1 is 1.62 bits per heavy atom. The van der Waals surface area contributed by atoms with Gasteiger partial charge in [0.1, 0.15) is 6.07 Å². The summed E-state index contributed by atoms with van der Waals surface area (Å²) in [6.45, 7) is 0. The average Bonchev–Trinajstić information content (AvgIpc) is 2.27. The van der Waals surface area contributed by atoms with E-state index in [1.165, 1.54) is 6.07 Å². The molecule has 0 saturated carbocycles. The number of carbonyl (C=O) groups is 1. The number of ketones is 1. The van der Waals surface area contributed by atoms with Crippen molar-refractivity contribution < 1.29 is 14.8 Å². The number of halogens is 1. The fourth-order valence-electron chi connectivity index (χ4n) is 1.14. The zero-order valence-electron chi connectivity index (χ0n) is 7.81.